The van der Waals surface area contributed by atoms with Crippen LogP contribution in [0, 0.1) is 18.7 Å². The number of piperidine rings is 1. The molecule has 0 amide bonds. The van der Waals surface area contributed by atoms with Crippen LogP contribution in [-0.2, 0) is 11.3 Å². The summed E-state index contributed by atoms with van der Waals surface area (Å²) in [5.41, 5.74) is 1.94. The number of pyridine rings is 1. The van der Waals surface area contributed by atoms with E-state index in [2.05, 4.69) is 34.1 Å². The fourth-order valence-corrected chi connectivity index (χ4v) is 4.15. The van der Waals surface area contributed by atoms with Crippen molar-refractivity contribution in [3.63, 3.8) is 0 Å². The summed E-state index contributed by atoms with van der Waals surface area (Å²) in [4.78, 5) is 19.6. The van der Waals surface area contributed by atoms with Gasteiger partial charge in [-0.1, -0.05) is 30.3 Å². The van der Waals surface area contributed by atoms with Gasteiger partial charge in [0, 0.05) is 24.5 Å². The van der Waals surface area contributed by atoms with Crippen LogP contribution in [0.5, 0.6) is 0 Å². The quantitative estimate of drug-likeness (QED) is 0.790. The van der Waals surface area contributed by atoms with E-state index in [1.165, 1.54) is 17.7 Å². The van der Waals surface area contributed by atoms with Crippen molar-refractivity contribution in [2.75, 3.05) is 13.2 Å². The first-order chi connectivity index (χ1) is 12.6. The smallest absolute Gasteiger partial charge is 0.184 e. The van der Waals surface area contributed by atoms with Gasteiger partial charge in [-0.15, -0.1) is 0 Å². The Morgan fingerprint density at radius 1 is 1.15 bits per heavy atom. The molecule has 3 heterocycles. The molecule has 4 rings (SSSR count). The number of fused-ring (bicyclic) bond motifs is 2. The van der Waals surface area contributed by atoms with Crippen LogP contribution in [0.2, 0.25) is 0 Å². The van der Waals surface area contributed by atoms with E-state index in [1.54, 1.807) is 6.92 Å². The molecule has 26 heavy (non-hydrogen) atoms. The Kier molecular flexibility index (Phi) is 4.83. The van der Waals surface area contributed by atoms with Crippen LogP contribution >= 0.6 is 0 Å². The van der Waals surface area contributed by atoms with Gasteiger partial charge < -0.3 is 4.74 Å². The number of carbonyl (C=O) groups is 1. The molecule has 0 aliphatic carbocycles. The zero-order chi connectivity index (χ0) is 18.1. The summed E-state index contributed by atoms with van der Waals surface area (Å²) in [5, 5.41) is 0. The van der Waals surface area contributed by atoms with Crippen molar-refractivity contribution >= 4 is 5.78 Å². The van der Waals surface area contributed by atoms with E-state index in [0.717, 1.165) is 19.4 Å². The van der Waals surface area contributed by atoms with E-state index in [-0.39, 0.29) is 35.3 Å². The van der Waals surface area contributed by atoms with Gasteiger partial charge in [-0.05, 0) is 37.5 Å². The second kappa shape index (κ2) is 7.25. The Balaban J connectivity index is 1.50. The Bertz CT molecular complexity index is 782. The van der Waals surface area contributed by atoms with Crippen LogP contribution in [0.3, 0.4) is 0 Å². The van der Waals surface area contributed by atoms with E-state index in [0.29, 0.717) is 18.9 Å². The molecule has 2 saturated heterocycles. The van der Waals surface area contributed by atoms with Crippen LogP contribution in [0.4, 0.5) is 4.39 Å². The Morgan fingerprint density at radius 2 is 1.85 bits per heavy atom. The van der Waals surface area contributed by atoms with Gasteiger partial charge in [0.25, 0.3) is 0 Å². The number of Topliss-reactive ketones (excluding diaryl/α,β-unsaturated/α-hetero) is 1. The molecule has 2 aliphatic rings. The number of morpholine rings is 1. The number of rotatable bonds is 4. The molecular formula is C21H23FN2O2. The van der Waals surface area contributed by atoms with Gasteiger partial charge in [0.2, 0.25) is 0 Å². The largest absolute Gasteiger partial charge is 0.378 e. The third-order valence-corrected chi connectivity index (χ3v) is 5.52. The lowest BCUT2D eigenvalue weighted by atomic mass is 9.81. The monoisotopic (exact) mass is 354 g/mol. The van der Waals surface area contributed by atoms with Gasteiger partial charge in [-0.3, -0.25) is 9.69 Å². The van der Waals surface area contributed by atoms with Crippen molar-refractivity contribution in [1.29, 1.82) is 0 Å². The third-order valence-electron chi connectivity index (χ3n) is 5.52. The molecule has 0 N–H and O–H groups in total. The molecule has 2 unspecified atom stereocenters. The van der Waals surface area contributed by atoms with Crippen molar-refractivity contribution in [3.8, 4) is 0 Å². The Morgan fingerprint density at radius 3 is 2.50 bits per heavy atom. The average Bonchev–Trinajstić information content (AvgIpc) is 2.64. The number of hydrogen-bond acceptors (Lipinski definition) is 4. The van der Waals surface area contributed by atoms with Crippen LogP contribution in [0.25, 0.3) is 0 Å². The van der Waals surface area contributed by atoms with Gasteiger partial charge in [-0.2, -0.15) is 0 Å². The molecular weight excluding hydrogens is 331 g/mol. The molecule has 2 atom stereocenters. The number of ether oxygens (including phenoxy) is 1. The molecule has 4 nitrogen and oxygen atoms in total. The number of hydrogen-bond donors (Lipinski definition) is 0. The van der Waals surface area contributed by atoms with E-state index < -0.39 is 0 Å². The lowest BCUT2D eigenvalue weighted by Crippen LogP contribution is -2.57. The molecule has 136 valence electrons. The summed E-state index contributed by atoms with van der Waals surface area (Å²) in [6, 6.07) is 13.7. The summed E-state index contributed by atoms with van der Waals surface area (Å²) in [5.74, 6) is -0.410. The standard InChI is InChI=1S/C21H23FN2O2/c1-14-19(22)7-8-20(23-14)21(25)16-9-17-12-26-13-18(10-16)24(17)11-15-5-3-2-4-6-15/h2-8,16-18H,9-13H2,1H3. The molecule has 2 aliphatic heterocycles. The lowest BCUT2D eigenvalue weighted by molar-refractivity contribution is -0.0873. The first-order valence-electron chi connectivity index (χ1n) is 9.16. The Hall–Kier alpha value is -2.11. The molecule has 2 fully saturated rings. The summed E-state index contributed by atoms with van der Waals surface area (Å²) < 4.78 is 19.2. The van der Waals surface area contributed by atoms with Crippen molar-refractivity contribution in [2.24, 2.45) is 5.92 Å². The van der Waals surface area contributed by atoms with E-state index in [1.807, 2.05) is 6.07 Å². The number of carbonyl (C=O) groups excluding carboxylic acids is 1. The maximum atomic E-state index is 13.5. The molecule has 1 aromatic heterocycles. The second-order valence-corrected chi connectivity index (χ2v) is 7.30. The van der Waals surface area contributed by atoms with E-state index in [9.17, 15) is 9.18 Å². The average molecular weight is 354 g/mol. The number of nitrogens with zero attached hydrogens (tertiary/aromatic N) is 2. The minimum absolute atomic E-state index is 0.0318. The SMILES string of the molecule is Cc1nc(C(=O)C2CC3COCC(C2)N3Cc2ccccc2)ccc1F. The van der Waals surface area contributed by atoms with Gasteiger partial charge in [0.15, 0.2) is 5.78 Å². The highest BCUT2D eigenvalue weighted by atomic mass is 19.1. The molecule has 0 spiro atoms. The maximum Gasteiger partial charge on any atom is 0.184 e. The molecule has 2 bridgehead atoms. The normalized spacial score (nSPS) is 25.8. The zero-order valence-corrected chi connectivity index (χ0v) is 14.9. The number of aryl methyl sites for hydroxylation is 1. The number of ketones is 1. The molecule has 0 radical (unpaired) electrons. The van der Waals surface area contributed by atoms with Crippen molar-refractivity contribution in [3.05, 3.63) is 65.2 Å². The molecule has 5 heteroatoms. The van der Waals surface area contributed by atoms with Gasteiger partial charge in [0.1, 0.15) is 11.5 Å². The summed E-state index contributed by atoms with van der Waals surface area (Å²) in [6.45, 7) is 3.79. The summed E-state index contributed by atoms with van der Waals surface area (Å²) in [6.07, 6.45) is 1.53. The first kappa shape index (κ1) is 17.3. The van der Waals surface area contributed by atoms with E-state index >= 15 is 0 Å². The van der Waals surface area contributed by atoms with Crippen LogP contribution < -0.4 is 0 Å². The highest BCUT2D eigenvalue weighted by Gasteiger charge is 2.41. The number of halogens is 1. The molecule has 2 aromatic rings. The van der Waals surface area contributed by atoms with E-state index in [4.69, 9.17) is 4.74 Å². The highest BCUT2D eigenvalue weighted by molar-refractivity contribution is 5.96. The summed E-state index contributed by atoms with van der Waals surface area (Å²) in [7, 11) is 0. The first-order valence-corrected chi connectivity index (χ1v) is 9.16. The topological polar surface area (TPSA) is 42.4 Å². The van der Waals surface area contributed by atoms with Crippen molar-refractivity contribution in [1.82, 2.24) is 9.88 Å². The number of benzene rings is 1. The minimum Gasteiger partial charge on any atom is -0.378 e. The third kappa shape index (κ3) is 3.41. The van der Waals surface area contributed by atoms with Crippen LogP contribution in [0.15, 0.2) is 42.5 Å². The van der Waals surface area contributed by atoms with Crippen molar-refractivity contribution < 1.29 is 13.9 Å². The number of aromatic nitrogens is 1. The van der Waals surface area contributed by atoms with Gasteiger partial charge in [-0.25, -0.2) is 9.37 Å². The molecule has 0 saturated carbocycles. The van der Waals surface area contributed by atoms with Crippen molar-refractivity contribution in [2.45, 2.75) is 38.4 Å². The fraction of sp³-hybridized carbons (Fsp3) is 0.429. The predicted molar refractivity (Wildman–Crippen MR) is 96.4 cm³/mol. The van der Waals surface area contributed by atoms with Crippen LogP contribution in [0.1, 0.15) is 34.6 Å². The maximum absolute atomic E-state index is 13.5. The predicted octanol–water partition coefficient (Wildman–Crippen LogP) is 3.39. The van der Waals surface area contributed by atoms with Gasteiger partial charge >= 0.3 is 0 Å². The van der Waals surface area contributed by atoms with Gasteiger partial charge in [0.05, 0.1) is 18.9 Å². The molecule has 1 aromatic carbocycles. The highest BCUT2D eigenvalue weighted by Crippen LogP contribution is 2.34. The summed E-state index contributed by atoms with van der Waals surface area (Å²) >= 11 is 0. The van der Waals surface area contributed by atoms with Crippen LogP contribution in [-0.4, -0.2) is 41.0 Å². The lowest BCUT2D eigenvalue weighted by Gasteiger charge is -2.48. The fourth-order valence-electron chi connectivity index (χ4n) is 4.15. The zero-order valence-electron chi connectivity index (χ0n) is 14.9. The minimum atomic E-state index is -0.371. The Labute approximate surface area is 153 Å². The second-order valence-electron chi connectivity index (χ2n) is 7.30.